The van der Waals surface area contributed by atoms with E-state index in [1.54, 1.807) is 48.8 Å². The van der Waals surface area contributed by atoms with Gasteiger partial charge in [0, 0.05) is 12.4 Å². The Hall–Kier alpha value is -2.21. The summed E-state index contributed by atoms with van der Waals surface area (Å²) in [6, 6.07) is 12.4. The lowest BCUT2D eigenvalue weighted by molar-refractivity contribution is 0.584. The van der Waals surface area contributed by atoms with E-state index in [9.17, 15) is 8.42 Å². The molecule has 1 N–H and O–H groups in total. The molecule has 0 bridgehead atoms. The Labute approximate surface area is 112 Å². The first-order valence-corrected chi connectivity index (χ1v) is 7.27. The average Bonchev–Trinajstić information content (AvgIpc) is 2.40. The van der Waals surface area contributed by atoms with Crippen LogP contribution in [0.25, 0.3) is 0 Å². The summed E-state index contributed by atoms with van der Waals surface area (Å²) in [5, 5.41) is 3.72. The largest absolute Gasteiger partial charge is 0.265 e. The summed E-state index contributed by atoms with van der Waals surface area (Å²) in [5.41, 5.74) is 1.49. The zero-order chi connectivity index (χ0) is 13.6. The first kappa shape index (κ1) is 13.2. The molecule has 0 fully saturated rings. The number of aromatic nitrogens is 1. The minimum absolute atomic E-state index is 0.0957. The van der Waals surface area contributed by atoms with Gasteiger partial charge < -0.3 is 0 Å². The summed E-state index contributed by atoms with van der Waals surface area (Å²) < 4.78 is 23.5. The second-order valence-corrected chi connectivity index (χ2v) is 5.58. The number of nitrogens with zero attached hydrogens (tertiary/aromatic N) is 2. The van der Waals surface area contributed by atoms with Gasteiger partial charge in [-0.2, -0.15) is 5.10 Å². The Morgan fingerprint density at radius 1 is 1.11 bits per heavy atom. The van der Waals surface area contributed by atoms with E-state index in [1.807, 2.05) is 6.07 Å². The molecule has 0 saturated carbocycles. The Morgan fingerprint density at radius 2 is 1.79 bits per heavy atom. The molecule has 0 saturated heterocycles. The molecular formula is C13H13N3O2S. The maximum atomic E-state index is 11.8. The van der Waals surface area contributed by atoms with Crippen LogP contribution in [0, 0.1) is 0 Å². The highest BCUT2D eigenvalue weighted by Crippen LogP contribution is 2.03. The van der Waals surface area contributed by atoms with Crippen molar-refractivity contribution in [1.29, 1.82) is 0 Å². The quantitative estimate of drug-likeness (QED) is 0.664. The van der Waals surface area contributed by atoms with Crippen LogP contribution in [0.5, 0.6) is 0 Å². The molecule has 19 heavy (non-hydrogen) atoms. The number of rotatable bonds is 5. The van der Waals surface area contributed by atoms with Crippen LogP contribution in [0.15, 0.2) is 60.0 Å². The topological polar surface area (TPSA) is 71.4 Å². The van der Waals surface area contributed by atoms with Crippen LogP contribution in [-0.2, 0) is 15.8 Å². The predicted octanol–water partition coefficient (Wildman–Crippen LogP) is 1.54. The van der Waals surface area contributed by atoms with Crippen molar-refractivity contribution in [2.45, 2.75) is 5.75 Å². The zero-order valence-corrected chi connectivity index (χ0v) is 10.9. The second-order valence-electron chi connectivity index (χ2n) is 3.87. The predicted molar refractivity (Wildman–Crippen MR) is 74.0 cm³/mol. The third-order valence-electron chi connectivity index (χ3n) is 2.31. The normalized spacial score (nSPS) is 11.6. The fourth-order valence-electron chi connectivity index (χ4n) is 1.46. The van der Waals surface area contributed by atoms with Crippen molar-refractivity contribution in [3.8, 4) is 0 Å². The van der Waals surface area contributed by atoms with Gasteiger partial charge in [-0.3, -0.25) is 4.98 Å². The maximum Gasteiger partial charge on any atom is 0.251 e. The van der Waals surface area contributed by atoms with Crippen LogP contribution in [0.1, 0.15) is 11.1 Å². The highest BCUT2D eigenvalue weighted by molar-refractivity contribution is 7.88. The Bertz CT molecular complexity index is 640. The number of pyridine rings is 1. The van der Waals surface area contributed by atoms with Crippen LogP contribution in [0.4, 0.5) is 0 Å². The Morgan fingerprint density at radius 3 is 2.47 bits per heavy atom. The van der Waals surface area contributed by atoms with E-state index in [-0.39, 0.29) is 5.75 Å². The van der Waals surface area contributed by atoms with E-state index in [1.165, 1.54) is 6.21 Å². The molecule has 0 aliphatic heterocycles. The third kappa shape index (κ3) is 4.51. The molecule has 98 valence electrons. The third-order valence-corrected chi connectivity index (χ3v) is 3.41. The lowest BCUT2D eigenvalue weighted by Crippen LogP contribution is -2.20. The van der Waals surface area contributed by atoms with Crippen molar-refractivity contribution in [2.75, 3.05) is 0 Å². The fraction of sp³-hybridized carbons (Fsp3) is 0.0769. The number of hydrazone groups is 1. The molecule has 0 atom stereocenters. The Kier molecular flexibility index (Phi) is 4.25. The number of hydrogen-bond donors (Lipinski definition) is 1. The van der Waals surface area contributed by atoms with Gasteiger partial charge in [-0.1, -0.05) is 30.3 Å². The lowest BCUT2D eigenvalue weighted by atomic mass is 10.2. The van der Waals surface area contributed by atoms with Crippen LogP contribution < -0.4 is 4.83 Å². The standard InChI is InChI=1S/C13H13N3O2S/c17-19(18,11-13-4-2-1-3-5-13)16-15-10-12-6-8-14-9-7-12/h1-10,16H,11H2/b15-10-. The minimum Gasteiger partial charge on any atom is -0.265 e. The molecule has 0 aliphatic carbocycles. The SMILES string of the molecule is O=S(=O)(Cc1ccccc1)N/N=C\c1ccncc1. The molecule has 0 unspecified atom stereocenters. The molecule has 2 rings (SSSR count). The number of benzene rings is 1. The van der Waals surface area contributed by atoms with Gasteiger partial charge in [0.25, 0.3) is 10.0 Å². The molecule has 0 radical (unpaired) electrons. The summed E-state index contributed by atoms with van der Waals surface area (Å²) in [6.07, 6.45) is 4.66. The van der Waals surface area contributed by atoms with E-state index >= 15 is 0 Å². The van der Waals surface area contributed by atoms with Crippen molar-refractivity contribution >= 4 is 16.2 Å². The summed E-state index contributed by atoms with van der Waals surface area (Å²) in [7, 11) is -3.47. The maximum absolute atomic E-state index is 11.8. The second kappa shape index (κ2) is 6.10. The molecule has 1 aromatic carbocycles. The first-order valence-electron chi connectivity index (χ1n) is 5.62. The van der Waals surface area contributed by atoms with Gasteiger partial charge in [0.15, 0.2) is 0 Å². The van der Waals surface area contributed by atoms with Crippen LogP contribution >= 0.6 is 0 Å². The molecule has 5 nitrogen and oxygen atoms in total. The van der Waals surface area contributed by atoms with Gasteiger partial charge >= 0.3 is 0 Å². The molecule has 0 spiro atoms. The summed E-state index contributed by atoms with van der Waals surface area (Å²) >= 11 is 0. The van der Waals surface area contributed by atoms with Crippen molar-refractivity contribution in [2.24, 2.45) is 5.10 Å². The van der Waals surface area contributed by atoms with Crippen molar-refractivity contribution in [1.82, 2.24) is 9.82 Å². The van der Waals surface area contributed by atoms with E-state index in [0.717, 1.165) is 5.56 Å². The molecule has 2 aromatic rings. The molecule has 6 heteroatoms. The number of nitrogens with one attached hydrogen (secondary N) is 1. The summed E-state index contributed by atoms with van der Waals surface area (Å²) in [6.45, 7) is 0. The van der Waals surface area contributed by atoms with Crippen LogP contribution in [0.3, 0.4) is 0 Å². The lowest BCUT2D eigenvalue weighted by Gasteiger charge is -2.02. The highest BCUT2D eigenvalue weighted by atomic mass is 32.2. The fourth-order valence-corrected chi connectivity index (χ4v) is 2.37. The molecular weight excluding hydrogens is 262 g/mol. The van der Waals surface area contributed by atoms with E-state index in [4.69, 9.17) is 0 Å². The summed E-state index contributed by atoms with van der Waals surface area (Å²) in [5.74, 6) is -0.0957. The van der Waals surface area contributed by atoms with Crippen LogP contribution in [-0.4, -0.2) is 19.6 Å². The smallest absolute Gasteiger partial charge is 0.251 e. The first-order chi connectivity index (χ1) is 9.16. The van der Waals surface area contributed by atoms with E-state index in [2.05, 4.69) is 14.9 Å². The molecule has 1 aromatic heterocycles. The van der Waals surface area contributed by atoms with E-state index in [0.29, 0.717) is 5.56 Å². The zero-order valence-electron chi connectivity index (χ0n) is 10.1. The van der Waals surface area contributed by atoms with Gasteiger partial charge in [-0.05, 0) is 23.3 Å². The number of sulfonamides is 1. The summed E-state index contributed by atoms with van der Waals surface area (Å²) in [4.78, 5) is 6.03. The Balaban J connectivity index is 1.97. The van der Waals surface area contributed by atoms with Crippen molar-refractivity contribution < 1.29 is 8.42 Å². The van der Waals surface area contributed by atoms with Crippen molar-refractivity contribution in [3.63, 3.8) is 0 Å². The van der Waals surface area contributed by atoms with Gasteiger partial charge in [0.05, 0.1) is 12.0 Å². The van der Waals surface area contributed by atoms with E-state index < -0.39 is 10.0 Å². The average molecular weight is 275 g/mol. The minimum atomic E-state index is -3.47. The van der Waals surface area contributed by atoms with Crippen LogP contribution in [0.2, 0.25) is 0 Å². The van der Waals surface area contributed by atoms with Gasteiger partial charge in [0.1, 0.15) is 0 Å². The molecule has 1 heterocycles. The van der Waals surface area contributed by atoms with Gasteiger partial charge in [0.2, 0.25) is 0 Å². The van der Waals surface area contributed by atoms with Gasteiger partial charge in [-0.15, -0.1) is 0 Å². The number of hydrogen-bond acceptors (Lipinski definition) is 4. The highest BCUT2D eigenvalue weighted by Gasteiger charge is 2.09. The van der Waals surface area contributed by atoms with Crippen molar-refractivity contribution in [3.05, 3.63) is 66.0 Å². The van der Waals surface area contributed by atoms with Gasteiger partial charge in [-0.25, -0.2) is 13.2 Å². The monoisotopic (exact) mass is 275 g/mol. The molecule has 0 amide bonds. The molecule has 0 aliphatic rings.